The maximum absolute atomic E-state index is 12.9. The summed E-state index contributed by atoms with van der Waals surface area (Å²) in [5, 5.41) is 10.5. The fourth-order valence-corrected chi connectivity index (χ4v) is 2.38. The summed E-state index contributed by atoms with van der Waals surface area (Å²) in [6, 6.07) is 7.50. The van der Waals surface area contributed by atoms with E-state index in [9.17, 15) is 18.0 Å². The van der Waals surface area contributed by atoms with Crippen LogP contribution in [0.2, 0.25) is 0 Å². The van der Waals surface area contributed by atoms with Crippen molar-refractivity contribution in [1.82, 2.24) is 4.68 Å². The Morgan fingerprint density at radius 2 is 1.91 bits per heavy atom. The smallest absolute Gasteiger partial charge is 0.418 e. The summed E-state index contributed by atoms with van der Waals surface area (Å²) in [5.41, 5.74) is 0.0107. The normalized spacial score (nSPS) is 14.0. The zero-order valence-electron chi connectivity index (χ0n) is 11.2. The molecular weight excluding hydrogens is 297 g/mol. The third-order valence-corrected chi connectivity index (χ3v) is 3.46. The molecule has 0 spiro atoms. The highest BCUT2D eigenvalue weighted by atomic mass is 19.4. The van der Waals surface area contributed by atoms with Crippen LogP contribution in [0.1, 0.15) is 27.0 Å². The zero-order valence-corrected chi connectivity index (χ0v) is 11.2. The first kappa shape index (κ1) is 14.2. The van der Waals surface area contributed by atoms with Gasteiger partial charge in [0.25, 0.3) is 0 Å². The Labute approximate surface area is 123 Å². The van der Waals surface area contributed by atoms with Crippen molar-refractivity contribution >= 4 is 12.0 Å². The summed E-state index contributed by atoms with van der Waals surface area (Å²) in [7, 11) is 0. The Balaban J connectivity index is 1.99. The second-order valence-electron chi connectivity index (χ2n) is 4.88. The summed E-state index contributed by atoms with van der Waals surface area (Å²) < 4.78 is 39.9. The molecule has 1 aromatic carbocycles. The van der Waals surface area contributed by atoms with Crippen molar-refractivity contribution in [2.75, 3.05) is 5.01 Å². The highest BCUT2D eigenvalue weighted by Crippen LogP contribution is 2.33. The van der Waals surface area contributed by atoms with Crippen LogP contribution in [0.4, 0.5) is 13.2 Å². The van der Waals surface area contributed by atoms with Crippen LogP contribution >= 0.6 is 0 Å². The number of benzene rings is 1. The highest BCUT2D eigenvalue weighted by Gasteiger charge is 2.37. The number of carbonyl (C=O) groups is 1. The van der Waals surface area contributed by atoms with Crippen molar-refractivity contribution in [3.05, 3.63) is 65.1 Å². The van der Waals surface area contributed by atoms with Gasteiger partial charge in [-0.1, -0.05) is 24.3 Å². The van der Waals surface area contributed by atoms with Gasteiger partial charge in [0, 0.05) is 18.6 Å². The summed E-state index contributed by atoms with van der Waals surface area (Å²) in [6.07, 6.45) is 0.447. The van der Waals surface area contributed by atoms with Gasteiger partial charge >= 0.3 is 12.1 Å². The predicted molar refractivity (Wildman–Crippen MR) is 73.8 cm³/mol. The van der Waals surface area contributed by atoms with Gasteiger partial charge in [-0.15, -0.1) is 0 Å². The molecule has 22 heavy (non-hydrogen) atoms. The average Bonchev–Trinajstić information content (AvgIpc) is 2.92. The number of aromatic carboxylic acids is 1. The van der Waals surface area contributed by atoms with Gasteiger partial charge in [-0.25, -0.2) is 4.79 Å². The van der Waals surface area contributed by atoms with Gasteiger partial charge in [0.1, 0.15) is 0 Å². The molecule has 1 aromatic heterocycles. The van der Waals surface area contributed by atoms with E-state index in [1.54, 1.807) is 12.3 Å². The lowest BCUT2D eigenvalue weighted by atomic mass is 10.1. The second kappa shape index (κ2) is 4.94. The molecule has 2 heterocycles. The van der Waals surface area contributed by atoms with E-state index in [4.69, 9.17) is 5.11 Å². The fraction of sp³-hybridized carbons (Fsp3) is 0.133. The number of nitrogens with zero attached hydrogens (tertiary/aromatic N) is 2. The van der Waals surface area contributed by atoms with Crippen molar-refractivity contribution in [3.8, 4) is 0 Å². The van der Waals surface area contributed by atoms with Crippen molar-refractivity contribution in [2.24, 2.45) is 0 Å². The SMILES string of the molecule is O=C(O)c1cn(N2C=Cc3ccccc3C2)cc1C(F)(F)F. The first-order valence-electron chi connectivity index (χ1n) is 6.42. The van der Waals surface area contributed by atoms with Crippen LogP contribution in [0.5, 0.6) is 0 Å². The third-order valence-electron chi connectivity index (χ3n) is 3.46. The molecule has 0 unspecified atom stereocenters. The zero-order chi connectivity index (χ0) is 15.9. The number of carboxylic acid groups (broad SMARTS) is 1. The maximum atomic E-state index is 12.9. The number of hydrogen-bond acceptors (Lipinski definition) is 2. The molecule has 1 aliphatic heterocycles. The number of rotatable bonds is 2. The largest absolute Gasteiger partial charge is 0.478 e. The van der Waals surface area contributed by atoms with E-state index in [-0.39, 0.29) is 0 Å². The molecule has 0 amide bonds. The van der Waals surface area contributed by atoms with Crippen molar-refractivity contribution in [1.29, 1.82) is 0 Å². The molecule has 0 atom stereocenters. The van der Waals surface area contributed by atoms with Crippen LogP contribution in [0.15, 0.2) is 42.9 Å². The Kier molecular flexibility index (Phi) is 3.20. The summed E-state index contributed by atoms with van der Waals surface area (Å²) in [5.74, 6) is -1.60. The Morgan fingerprint density at radius 1 is 1.18 bits per heavy atom. The van der Waals surface area contributed by atoms with E-state index in [2.05, 4.69) is 0 Å². The minimum absolute atomic E-state index is 0.359. The number of fused-ring (bicyclic) bond motifs is 1. The average molecular weight is 308 g/mol. The number of halogens is 3. The van der Waals surface area contributed by atoms with Crippen LogP contribution in [-0.4, -0.2) is 15.8 Å². The molecule has 7 heteroatoms. The quantitative estimate of drug-likeness (QED) is 0.925. The molecule has 0 radical (unpaired) electrons. The van der Waals surface area contributed by atoms with Crippen LogP contribution in [0, 0.1) is 0 Å². The van der Waals surface area contributed by atoms with E-state index in [1.165, 1.54) is 5.01 Å². The van der Waals surface area contributed by atoms with Gasteiger partial charge in [0.2, 0.25) is 0 Å². The minimum Gasteiger partial charge on any atom is -0.478 e. The number of hydrogen-bond donors (Lipinski definition) is 1. The summed E-state index contributed by atoms with van der Waals surface area (Å²) in [6.45, 7) is 0.359. The Bertz CT molecular complexity index is 762. The Morgan fingerprint density at radius 3 is 2.55 bits per heavy atom. The van der Waals surface area contributed by atoms with E-state index in [0.29, 0.717) is 6.54 Å². The van der Waals surface area contributed by atoms with Gasteiger partial charge in [-0.2, -0.15) is 13.2 Å². The standard InChI is InChI=1S/C15H11F3N2O2/c16-15(17,18)13-9-20(8-12(13)14(21)22)19-6-5-10-3-1-2-4-11(10)7-19/h1-6,8-9H,7H2,(H,21,22). The molecule has 0 aliphatic carbocycles. The van der Waals surface area contributed by atoms with Crippen LogP contribution < -0.4 is 5.01 Å². The topological polar surface area (TPSA) is 45.5 Å². The van der Waals surface area contributed by atoms with E-state index in [1.807, 2.05) is 24.3 Å². The lowest BCUT2D eigenvalue weighted by Gasteiger charge is -2.26. The highest BCUT2D eigenvalue weighted by molar-refractivity contribution is 5.89. The van der Waals surface area contributed by atoms with E-state index < -0.39 is 23.3 Å². The van der Waals surface area contributed by atoms with Crippen LogP contribution in [0.3, 0.4) is 0 Å². The third kappa shape index (κ3) is 2.45. The summed E-state index contributed by atoms with van der Waals surface area (Å²) in [4.78, 5) is 11.0. The van der Waals surface area contributed by atoms with E-state index >= 15 is 0 Å². The number of aromatic nitrogens is 1. The van der Waals surface area contributed by atoms with Crippen molar-refractivity contribution in [3.63, 3.8) is 0 Å². The van der Waals surface area contributed by atoms with E-state index in [0.717, 1.165) is 28.2 Å². The minimum atomic E-state index is -4.71. The summed E-state index contributed by atoms with van der Waals surface area (Å²) >= 11 is 0. The first-order chi connectivity index (χ1) is 10.4. The second-order valence-corrected chi connectivity index (χ2v) is 4.88. The monoisotopic (exact) mass is 308 g/mol. The van der Waals surface area contributed by atoms with Crippen LogP contribution in [-0.2, 0) is 12.7 Å². The van der Waals surface area contributed by atoms with Gasteiger partial charge in [-0.3, -0.25) is 9.69 Å². The molecule has 3 rings (SSSR count). The molecule has 114 valence electrons. The maximum Gasteiger partial charge on any atom is 0.418 e. The fourth-order valence-electron chi connectivity index (χ4n) is 2.38. The molecule has 0 fully saturated rings. The van der Waals surface area contributed by atoms with Crippen LogP contribution in [0.25, 0.3) is 6.08 Å². The van der Waals surface area contributed by atoms with Crippen molar-refractivity contribution < 1.29 is 23.1 Å². The molecule has 1 aliphatic rings. The van der Waals surface area contributed by atoms with Crippen molar-refractivity contribution in [2.45, 2.75) is 12.7 Å². The van der Waals surface area contributed by atoms with Gasteiger partial charge in [0.15, 0.2) is 0 Å². The number of carboxylic acids is 1. The molecule has 0 saturated carbocycles. The molecular formula is C15H11F3N2O2. The predicted octanol–water partition coefficient (Wildman–Crippen LogP) is 3.33. The van der Waals surface area contributed by atoms with Gasteiger partial charge in [0.05, 0.1) is 17.7 Å². The molecule has 0 saturated heterocycles. The first-order valence-corrected chi connectivity index (χ1v) is 6.42. The van der Waals surface area contributed by atoms with Gasteiger partial charge in [-0.05, 0) is 17.2 Å². The molecule has 1 N–H and O–H groups in total. The lowest BCUT2D eigenvalue weighted by Crippen LogP contribution is -2.29. The Hall–Kier alpha value is -2.70. The molecule has 2 aromatic rings. The van der Waals surface area contributed by atoms with Gasteiger partial charge < -0.3 is 5.11 Å². The molecule has 0 bridgehead atoms. The lowest BCUT2D eigenvalue weighted by molar-refractivity contribution is -0.138. The molecule has 4 nitrogen and oxygen atoms in total. The number of alkyl halides is 3.